The molecule has 1 N–H and O–H groups in total. The smallest absolute Gasteiger partial charge is 0.187 e. The van der Waals surface area contributed by atoms with Crippen molar-refractivity contribution < 1.29 is 24.1 Å². The Morgan fingerprint density at radius 2 is 1.90 bits per heavy atom. The second-order valence-electron chi connectivity index (χ2n) is 5.63. The number of rotatable bonds is 3. The Morgan fingerprint density at radius 1 is 1.20 bits per heavy atom. The van der Waals surface area contributed by atoms with Crippen LogP contribution in [0.3, 0.4) is 0 Å². The Kier molecular flexibility index (Phi) is 3.79. The Hall–Kier alpha value is -0.980. The lowest BCUT2D eigenvalue weighted by Crippen LogP contribution is -2.52. The molecule has 0 saturated carbocycles. The summed E-state index contributed by atoms with van der Waals surface area (Å²) in [5.41, 5.74) is 1.07. The van der Waals surface area contributed by atoms with E-state index in [1.807, 2.05) is 44.2 Å². The van der Waals surface area contributed by atoms with Gasteiger partial charge in [0.1, 0.15) is 18.3 Å². The van der Waals surface area contributed by atoms with E-state index in [2.05, 4.69) is 0 Å². The molecule has 0 aliphatic carbocycles. The summed E-state index contributed by atoms with van der Waals surface area (Å²) in [7, 11) is 0. The van der Waals surface area contributed by atoms with Gasteiger partial charge in [-0.3, -0.25) is 0 Å². The van der Waals surface area contributed by atoms with E-state index < -0.39 is 30.4 Å². The van der Waals surface area contributed by atoms with Crippen molar-refractivity contribution in [3.05, 3.63) is 35.9 Å². The second kappa shape index (κ2) is 5.42. The molecular weight excluding hydrogens is 260 g/mol. The lowest BCUT2D eigenvalue weighted by Gasteiger charge is -2.34. The van der Waals surface area contributed by atoms with E-state index in [4.69, 9.17) is 18.9 Å². The van der Waals surface area contributed by atoms with E-state index in [9.17, 15) is 5.11 Å². The summed E-state index contributed by atoms with van der Waals surface area (Å²) in [5.74, 6) is -0.724. The van der Waals surface area contributed by atoms with E-state index >= 15 is 0 Å². The molecule has 4 atom stereocenters. The van der Waals surface area contributed by atoms with Crippen LogP contribution in [0, 0.1) is 0 Å². The van der Waals surface area contributed by atoms with Gasteiger partial charge in [-0.15, -0.1) is 0 Å². The van der Waals surface area contributed by atoms with Crippen LogP contribution in [-0.2, 0) is 25.6 Å². The predicted octanol–water partition coefficient (Wildman–Crippen LogP) is 1.44. The van der Waals surface area contributed by atoms with E-state index in [0.29, 0.717) is 6.61 Å². The van der Waals surface area contributed by atoms with Crippen LogP contribution in [-0.4, -0.2) is 42.1 Å². The third-order valence-electron chi connectivity index (χ3n) is 3.50. The number of benzene rings is 1. The monoisotopic (exact) mass is 280 g/mol. The molecule has 1 aromatic rings. The zero-order chi connectivity index (χ0) is 14.2. The van der Waals surface area contributed by atoms with Crippen LogP contribution in [0.5, 0.6) is 0 Å². The molecule has 110 valence electrons. The first kappa shape index (κ1) is 14.0. The maximum atomic E-state index is 9.93. The molecular formula is C15H20O5. The summed E-state index contributed by atoms with van der Waals surface area (Å²) >= 11 is 0. The van der Waals surface area contributed by atoms with E-state index in [-0.39, 0.29) is 6.61 Å². The summed E-state index contributed by atoms with van der Waals surface area (Å²) in [6, 6.07) is 9.87. The average Bonchev–Trinajstić information content (AvgIpc) is 2.76. The highest BCUT2D eigenvalue weighted by Crippen LogP contribution is 2.35. The standard InChI is InChI=1S/C15H20O5/c1-15(2)19-12-11(16)9-18-14(13(12)20-15)17-8-10-6-4-3-5-7-10/h3-7,11-14,16H,8-9H2,1-2H3/t11-,12-,13-,14+/m0/s1. The molecule has 5 heteroatoms. The van der Waals surface area contributed by atoms with Gasteiger partial charge in [0.15, 0.2) is 12.1 Å². The molecule has 2 heterocycles. The quantitative estimate of drug-likeness (QED) is 0.908. The van der Waals surface area contributed by atoms with Gasteiger partial charge >= 0.3 is 0 Å². The molecule has 0 amide bonds. The fourth-order valence-electron chi connectivity index (χ4n) is 2.60. The van der Waals surface area contributed by atoms with Gasteiger partial charge in [-0.1, -0.05) is 30.3 Å². The van der Waals surface area contributed by atoms with Crippen molar-refractivity contribution in [2.45, 2.75) is 50.8 Å². The minimum absolute atomic E-state index is 0.195. The zero-order valence-electron chi connectivity index (χ0n) is 11.7. The van der Waals surface area contributed by atoms with Gasteiger partial charge in [-0.25, -0.2) is 0 Å². The topological polar surface area (TPSA) is 57.2 Å². The highest BCUT2D eigenvalue weighted by Gasteiger charge is 2.52. The number of aliphatic hydroxyl groups excluding tert-OH is 1. The molecule has 2 fully saturated rings. The summed E-state index contributed by atoms with van der Waals surface area (Å²) < 4.78 is 22.8. The molecule has 0 spiro atoms. The van der Waals surface area contributed by atoms with E-state index in [1.54, 1.807) is 0 Å². The summed E-state index contributed by atoms with van der Waals surface area (Å²) in [6.07, 6.45) is -2.01. The number of aliphatic hydroxyl groups is 1. The Balaban J connectivity index is 1.65. The van der Waals surface area contributed by atoms with Gasteiger partial charge < -0.3 is 24.1 Å². The molecule has 5 nitrogen and oxygen atoms in total. The van der Waals surface area contributed by atoms with Crippen molar-refractivity contribution in [2.75, 3.05) is 6.61 Å². The summed E-state index contributed by atoms with van der Waals surface area (Å²) in [6.45, 7) is 4.28. The molecule has 0 bridgehead atoms. The van der Waals surface area contributed by atoms with Crippen molar-refractivity contribution >= 4 is 0 Å². The number of fused-ring (bicyclic) bond motifs is 1. The first-order valence-corrected chi connectivity index (χ1v) is 6.86. The second-order valence-corrected chi connectivity index (χ2v) is 5.63. The van der Waals surface area contributed by atoms with Crippen LogP contribution in [0.4, 0.5) is 0 Å². The molecule has 0 aromatic heterocycles. The van der Waals surface area contributed by atoms with Crippen molar-refractivity contribution in [1.82, 2.24) is 0 Å². The molecule has 1 aromatic carbocycles. The Labute approximate surface area is 118 Å². The van der Waals surface area contributed by atoms with Gasteiger partial charge in [-0.05, 0) is 19.4 Å². The molecule has 0 unspecified atom stereocenters. The Morgan fingerprint density at radius 3 is 2.65 bits per heavy atom. The van der Waals surface area contributed by atoms with E-state index in [0.717, 1.165) is 5.56 Å². The fraction of sp³-hybridized carbons (Fsp3) is 0.600. The number of hydrogen-bond donors (Lipinski definition) is 1. The zero-order valence-corrected chi connectivity index (χ0v) is 11.7. The average molecular weight is 280 g/mol. The lowest BCUT2D eigenvalue weighted by atomic mass is 10.1. The van der Waals surface area contributed by atoms with Gasteiger partial charge in [0.25, 0.3) is 0 Å². The SMILES string of the molecule is CC1(C)O[C@@H]2[C@H](OCc3ccccc3)OC[C@H](O)[C@@H]2O1. The van der Waals surface area contributed by atoms with Crippen molar-refractivity contribution in [2.24, 2.45) is 0 Å². The first-order valence-electron chi connectivity index (χ1n) is 6.86. The lowest BCUT2D eigenvalue weighted by molar-refractivity contribution is -0.251. The van der Waals surface area contributed by atoms with Crippen LogP contribution in [0.25, 0.3) is 0 Å². The third-order valence-corrected chi connectivity index (χ3v) is 3.50. The third kappa shape index (κ3) is 2.87. The van der Waals surface area contributed by atoms with Crippen LogP contribution in [0.2, 0.25) is 0 Å². The largest absolute Gasteiger partial charge is 0.388 e. The molecule has 0 radical (unpaired) electrons. The summed E-state index contributed by atoms with van der Waals surface area (Å²) in [4.78, 5) is 0. The minimum Gasteiger partial charge on any atom is -0.388 e. The van der Waals surface area contributed by atoms with Crippen molar-refractivity contribution in [1.29, 1.82) is 0 Å². The number of hydrogen-bond acceptors (Lipinski definition) is 5. The van der Waals surface area contributed by atoms with Crippen LogP contribution < -0.4 is 0 Å². The number of ether oxygens (including phenoxy) is 4. The van der Waals surface area contributed by atoms with Gasteiger partial charge in [0.2, 0.25) is 0 Å². The molecule has 3 rings (SSSR count). The van der Waals surface area contributed by atoms with Crippen LogP contribution in [0.1, 0.15) is 19.4 Å². The van der Waals surface area contributed by atoms with Crippen LogP contribution in [0.15, 0.2) is 30.3 Å². The van der Waals surface area contributed by atoms with Gasteiger partial charge in [0.05, 0.1) is 13.2 Å². The molecule has 2 aliphatic heterocycles. The fourth-order valence-corrected chi connectivity index (χ4v) is 2.60. The van der Waals surface area contributed by atoms with E-state index in [1.165, 1.54) is 0 Å². The van der Waals surface area contributed by atoms with Gasteiger partial charge in [-0.2, -0.15) is 0 Å². The molecule has 2 aliphatic rings. The molecule has 2 saturated heterocycles. The van der Waals surface area contributed by atoms with Crippen LogP contribution >= 0.6 is 0 Å². The van der Waals surface area contributed by atoms with Gasteiger partial charge in [0, 0.05) is 0 Å². The maximum absolute atomic E-state index is 9.93. The van der Waals surface area contributed by atoms with Crippen molar-refractivity contribution in [3.8, 4) is 0 Å². The highest BCUT2D eigenvalue weighted by atomic mass is 16.8. The maximum Gasteiger partial charge on any atom is 0.187 e. The molecule has 20 heavy (non-hydrogen) atoms. The Bertz CT molecular complexity index is 447. The highest BCUT2D eigenvalue weighted by molar-refractivity contribution is 5.13. The normalized spacial score (nSPS) is 35.8. The minimum atomic E-state index is -0.724. The predicted molar refractivity (Wildman–Crippen MR) is 70.8 cm³/mol. The summed E-state index contributed by atoms with van der Waals surface area (Å²) in [5, 5.41) is 9.93. The first-order chi connectivity index (χ1) is 9.55. The van der Waals surface area contributed by atoms with Crippen molar-refractivity contribution in [3.63, 3.8) is 0 Å².